The highest BCUT2D eigenvalue weighted by atomic mass is 79.9. The number of carbonyl (C=O) groups excluding carboxylic acids is 1. The fourth-order valence-corrected chi connectivity index (χ4v) is 21.5. The van der Waals surface area contributed by atoms with Gasteiger partial charge in [0, 0.05) is 109 Å². The van der Waals surface area contributed by atoms with E-state index in [0.29, 0.717) is 6.61 Å². The first-order valence-corrected chi connectivity index (χ1v) is 45.2. The Kier molecular flexibility index (Phi) is 59.6. The predicted octanol–water partition coefficient (Wildman–Crippen LogP) is 20.1. The monoisotopic (exact) mass is 1600 g/mol. The Morgan fingerprint density at radius 2 is 0.709 bits per heavy atom. The third-order valence-electron chi connectivity index (χ3n) is 16.7. The highest BCUT2D eigenvalue weighted by Crippen LogP contribution is 2.57. The van der Waals surface area contributed by atoms with Crippen LogP contribution in [0.1, 0.15) is 148 Å². The van der Waals surface area contributed by atoms with Crippen LogP contribution in [0.3, 0.4) is 0 Å². The van der Waals surface area contributed by atoms with Crippen molar-refractivity contribution in [2.75, 3.05) is 115 Å². The van der Waals surface area contributed by atoms with Crippen LogP contribution in [-0.2, 0) is 42.7 Å². The Labute approximate surface area is 646 Å². The maximum atomic E-state index is 11.0. The largest absolute Gasteiger partial charge is 0.396 e. The molecule has 0 saturated carbocycles. The molecule has 1 N–H and O–H groups in total. The molecule has 0 aliphatic carbocycles. The summed E-state index contributed by atoms with van der Waals surface area (Å²) in [5, 5.41) is 19.5. The lowest BCUT2D eigenvalue weighted by molar-refractivity contribution is -0.163. The molecule has 0 radical (unpaired) electrons. The third kappa shape index (κ3) is 42.8. The number of carbonyl (C=O) groups is 1. The molecule has 10 nitrogen and oxygen atoms in total. The van der Waals surface area contributed by atoms with Crippen LogP contribution >= 0.6 is 58.1 Å². The van der Waals surface area contributed by atoms with Crippen LogP contribution in [0.2, 0.25) is 0 Å². The Bertz CT molecular complexity index is 2700. The summed E-state index contributed by atoms with van der Waals surface area (Å²) in [5.41, 5.74) is 0. The summed E-state index contributed by atoms with van der Waals surface area (Å²) >= 11 is 8.01. The van der Waals surface area contributed by atoms with Crippen molar-refractivity contribution in [1.29, 1.82) is 0 Å². The molecule has 2 heterocycles. The van der Waals surface area contributed by atoms with Crippen LogP contribution in [0.25, 0.3) is 0 Å². The van der Waals surface area contributed by atoms with Crippen LogP contribution in [-0.4, -0.2) is 137 Å². The molecule has 15 heteroatoms. The Hall–Kier alpha value is -4.24. The van der Waals surface area contributed by atoms with Crippen molar-refractivity contribution < 1.29 is 47.8 Å². The number of hydrogen-bond donors (Lipinski definition) is 1. The fraction of sp³-hybridized carbons (Fsp3) is 0.489. The van der Waals surface area contributed by atoms with E-state index < -0.39 is 14.5 Å². The summed E-state index contributed by atoms with van der Waals surface area (Å²) in [6.07, 6.45) is 33.4. The van der Waals surface area contributed by atoms with E-state index >= 15 is 0 Å². The van der Waals surface area contributed by atoms with Crippen LogP contribution in [0, 0.1) is 0 Å². The zero-order chi connectivity index (χ0) is 73.9. The van der Waals surface area contributed by atoms with E-state index in [1.54, 1.807) is 6.92 Å². The van der Waals surface area contributed by atoms with E-state index in [9.17, 15) is 4.79 Å². The van der Waals surface area contributed by atoms with E-state index in [2.05, 4.69) is 240 Å². The number of allylic oxidation sites excluding steroid dienone is 1. The number of rotatable bonds is 47. The molecule has 2 fully saturated rings. The van der Waals surface area contributed by atoms with Crippen molar-refractivity contribution in [3.8, 4) is 0 Å². The zero-order valence-corrected chi connectivity index (χ0v) is 68.4. The van der Waals surface area contributed by atoms with Crippen LogP contribution in [0.15, 0.2) is 233 Å². The standard InChI is InChI=1S/C28H34O2PS.C26H30OP.C13H24O3.C9H18O3.C8H15BrO.C4H7Br/c1-25(29)32-24-14-12-22-30-21-11-13-23-31(26-15-5-2-6-16-26,27-17-7-3-8-18-27)28-19-9-4-10-20-28;1-2-3-21-27-22-13-14-23-28(24-15-7-4-8-16-24,25-17-9-5-10-18-25)26-19-11-6-12-20-26;1-2-3-9-14-10-6-7-12-16-13-8-4-5-11-15-13;10-6-2-4-8-12-9-5-1-3-7-11-9;1-2-3-7-10-8-5-4-6-9;1-2-3-4-5/h2-10,15-20H,11-14,21-24H2,1H3;2,4-12,15-20H,1,3,13-14,21-23H2;2,13H,1,3-12H2;9-10H,1-8H2;2H,1,3-8H2;2H,1,3-4H2/q2*+1;;;;. The number of halogens is 2. The van der Waals surface area contributed by atoms with Gasteiger partial charge in [0.25, 0.3) is 0 Å². The number of hydrogen-bond acceptors (Lipinski definition) is 11. The molecule has 0 amide bonds. The number of ether oxygens (including phenoxy) is 8. The topological polar surface area (TPSA) is 111 Å². The summed E-state index contributed by atoms with van der Waals surface area (Å²) in [6.45, 7) is 26.1. The van der Waals surface area contributed by atoms with E-state index in [-0.39, 0.29) is 24.3 Å². The quantitative estimate of drug-likeness (QED) is 0.0171. The Morgan fingerprint density at radius 1 is 0.408 bits per heavy atom. The van der Waals surface area contributed by atoms with Gasteiger partial charge < -0.3 is 43.0 Å². The van der Waals surface area contributed by atoms with Gasteiger partial charge in [-0.05, 0) is 214 Å². The molecule has 8 rings (SSSR count). The summed E-state index contributed by atoms with van der Waals surface area (Å²) in [5.74, 6) is 0.900. The summed E-state index contributed by atoms with van der Waals surface area (Å²) < 4.78 is 44.2. The average Bonchev–Trinajstić information content (AvgIpc) is 0.769. The molecule has 2 aliphatic heterocycles. The second-order valence-electron chi connectivity index (χ2n) is 24.9. The summed E-state index contributed by atoms with van der Waals surface area (Å²) in [4.78, 5) is 11.0. The van der Waals surface area contributed by atoms with Crippen molar-refractivity contribution >= 4 is 95.1 Å². The van der Waals surface area contributed by atoms with E-state index in [0.717, 1.165) is 217 Å². The van der Waals surface area contributed by atoms with Gasteiger partial charge in [0.15, 0.2) is 17.7 Å². The minimum Gasteiger partial charge on any atom is -0.396 e. The van der Waals surface area contributed by atoms with Crippen molar-refractivity contribution in [2.24, 2.45) is 0 Å². The fourth-order valence-electron chi connectivity index (χ4n) is 11.3. The second kappa shape index (κ2) is 66.0. The first-order chi connectivity index (χ1) is 50.8. The molecule has 2 unspecified atom stereocenters. The third-order valence-corrected chi connectivity index (χ3v) is 27.7. The summed E-state index contributed by atoms with van der Waals surface area (Å²) in [6, 6.07) is 66.5. The van der Waals surface area contributed by atoms with Crippen molar-refractivity contribution in [3.05, 3.63) is 233 Å². The lowest BCUT2D eigenvalue weighted by Gasteiger charge is -2.27. The number of thioether (sulfide) groups is 1. The van der Waals surface area contributed by atoms with Gasteiger partial charge in [0.2, 0.25) is 0 Å². The molecule has 103 heavy (non-hydrogen) atoms. The molecular weight excluding hydrogens is 1470 g/mol. The SMILES string of the molecule is C=CCCBr.C=CCCOCCCCBr.C=CCCOCCCCOC1CCCCO1.C=CCCOCCCC[P+](c1ccccc1)(c1ccccc1)c1ccccc1.CC(=O)SCCCCOCCCC[P+](c1ccccc1)(c1ccccc1)c1ccccc1.OCCCCOC1CCCCO1. The maximum absolute atomic E-state index is 11.0. The number of aliphatic hydroxyl groups is 1. The van der Waals surface area contributed by atoms with E-state index in [1.165, 1.54) is 69.3 Å². The number of unbranched alkanes of at least 4 members (excludes halogenated alkanes) is 6. The molecule has 2 atom stereocenters. The average molecular weight is 1600 g/mol. The molecule has 2 saturated heterocycles. The van der Waals surface area contributed by atoms with E-state index in [4.69, 9.17) is 43.0 Å². The Morgan fingerprint density at radius 3 is 0.990 bits per heavy atom. The first kappa shape index (κ1) is 93.0. The molecular formula is C88H128Br2O10P2S+2. The predicted molar refractivity (Wildman–Crippen MR) is 455 cm³/mol. The van der Waals surface area contributed by atoms with Gasteiger partial charge in [-0.2, -0.15) is 0 Å². The first-order valence-electron chi connectivity index (χ1n) is 38.0. The number of aliphatic hydroxyl groups excluding tert-OH is 1. The van der Waals surface area contributed by atoms with E-state index in [1.807, 2.05) is 24.3 Å². The second-order valence-corrected chi connectivity index (χ2v) is 34.9. The van der Waals surface area contributed by atoms with Crippen LogP contribution in [0.5, 0.6) is 0 Å². The highest BCUT2D eigenvalue weighted by molar-refractivity contribution is 9.09. The van der Waals surface area contributed by atoms with Gasteiger partial charge in [-0.25, -0.2) is 0 Å². The minimum atomic E-state index is -1.72. The van der Waals surface area contributed by atoms with Gasteiger partial charge in [-0.15, -0.1) is 26.3 Å². The van der Waals surface area contributed by atoms with Gasteiger partial charge >= 0.3 is 0 Å². The lowest BCUT2D eigenvalue weighted by Crippen LogP contribution is -2.33. The normalized spacial score (nSPS) is 14.0. The molecule has 568 valence electrons. The van der Waals surface area contributed by atoms with Crippen molar-refractivity contribution in [2.45, 2.75) is 161 Å². The van der Waals surface area contributed by atoms with Gasteiger partial charge in [0.05, 0.1) is 12.3 Å². The minimum absolute atomic E-state index is 0.0254. The summed E-state index contributed by atoms with van der Waals surface area (Å²) in [7, 11) is -3.41. The maximum Gasteiger partial charge on any atom is 0.185 e. The molecule has 0 spiro atoms. The van der Waals surface area contributed by atoms with Gasteiger partial charge in [0.1, 0.15) is 46.4 Å². The van der Waals surface area contributed by atoms with Crippen LogP contribution < -0.4 is 31.8 Å². The Balaban J connectivity index is 0.000000350. The van der Waals surface area contributed by atoms with Crippen molar-refractivity contribution in [3.63, 3.8) is 0 Å². The molecule has 2 aliphatic rings. The molecule has 0 aromatic heterocycles. The van der Waals surface area contributed by atoms with Crippen LogP contribution in [0.4, 0.5) is 0 Å². The lowest BCUT2D eigenvalue weighted by atomic mass is 10.2. The smallest absolute Gasteiger partial charge is 0.185 e. The molecule has 6 aromatic carbocycles. The zero-order valence-electron chi connectivity index (χ0n) is 62.6. The van der Waals surface area contributed by atoms with Gasteiger partial charge in [-0.3, -0.25) is 4.79 Å². The molecule has 6 aromatic rings. The molecule has 0 bridgehead atoms. The number of alkyl halides is 2. The highest BCUT2D eigenvalue weighted by Gasteiger charge is 2.46. The van der Waals surface area contributed by atoms with Gasteiger partial charge in [-0.1, -0.05) is 177 Å². The van der Waals surface area contributed by atoms with Crippen molar-refractivity contribution in [1.82, 2.24) is 0 Å². The number of benzene rings is 6.